The number of aromatic nitrogens is 3. The number of aryl methyl sites for hydroxylation is 1. The molecule has 0 bridgehead atoms. The molecule has 1 amide bonds. The van der Waals surface area contributed by atoms with Crippen molar-refractivity contribution in [3.8, 4) is 0 Å². The third-order valence-corrected chi connectivity index (χ3v) is 5.30. The van der Waals surface area contributed by atoms with Gasteiger partial charge in [0.25, 0.3) is 5.91 Å². The van der Waals surface area contributed by atoms with Crippen molar-refractivity contribution in [3.63, 3.8) is 0 Å². The number of nitrogens with zero attached hydrogens (tertiary/aromatic N) is 4. The number of amides is 1. The number of hydrogen-bond donors (Lipinski definition) is 0. The molecule has 3 atom stereocenters. The molecule has 2 aromatic heterocycles. The molecule has 0 unspecified atom stereocenters. The first-order valence-corrected chi connectivity index (χ1v) is 9.07. The minimum absolute atomic E-state index is 0.0441. The van der Waals surface area contributed by atoms with Gasteiger partial charge >= 0.3 is 0 Å². The van der Waals surface area contributed by atoms with Crippen LogP contribution in [0.4, 0.5) is 0 Å². The Morgan fingerprint density at radius 3 is 3.08 bits per heavy atom. The van der Waals surface area contributed by atoms with Gasteiger partial charge in [-0.15, -0.1) is 0 Å². The van der Waals surface area contributed by atoms with Gasteiger partial charge in [-0.05, 0) is 24.0 Å². The maximum atomic E-state index is 12.6. The Morgan fingerprint density at radius 2 is 2.31 bits per heavy atom. The van der Waals surface area contributed by atoms with Crippen molar-refractivity contribution in [2.24, 2.45) is 18.9 Å². The van der Waals surface area contributed by atoms with Gasteiger partial charge in [0.1, 0.15) is 0 Å². The van der Waals surface area contributed by atoms with Gasteiger partial charge in [-0.1, -0.05) is 6.07 Å². The Hall–Kier alpha value is -2.25. The number of ether oxygens (including phenoxy) is 2. The first kappa shape index (κ1) is 17.2. The second kappa shape index (κ2) is 7.55. The maximum Gasteiger partial charge on any atom is 0.257 e. The van der Waals surface area contributed by atoms with Crippen molar-refractivity contribution in [1.82, 2.24) is 19.7 Å². The van der Waals surface area contributed by atoms with E-state index in [4.69, 9.17) is 9.47 Å². The van der Waals surface area contributed by atoms with Crippen molar-refractivity contribution in [2.75, 3.05) is 26.3 Å². The maximum absolute atomic E-state index is 12.6. The predicted molar refractivity (Wildman–Crippen MR) is 94.3 cm³/mol. The van der Waals surface area contributed by atoms with Crippen LogP contribution in [0.1, 0.15) is 22.3 Å². The molecule has 26 heavy (non-hydrogen) atoms. The highest BCUT2D eigenvalue weighted by Gasteiger charge is 2.45. The van der Waals surface area contributed by atoms with Gasteiger partial charge in [-0.25, -0.2) is 0 Å². The zero-order valence-corrected chi connectivity index (χ0v) is 15.0. The summed E-state index contributed by atoms with van der Waals surface area (Å²) in [6.45, 7) is 3.47. The molecule has 0 spiro atoms. The van der Waals surface area contributed by atoms with Crippen LogP contribution in [0.2, 0.25) is 0 Å². The fraction of sp³-hybridized carbons (Fsp3) is 0.526. The fourth-order valence-corrected chi connectivity index (χ4v) is 3.88. The van der Waals surface area contributed by atoms with Crippen molar-refractivity contribution in [1.29, 1.82) is 0 Å². The van der Waals surface area contributed by atoms with Crippen LogP contribution >= 0.6 is 0 Å². The minimum atomic E-state index is 0.0441. The van der Waals surface area contributed by atoms with E-state index in [9.17, 15) is 4.79 Å². The molecule has 2 aromatic rings. The molecule has 0 aliphatic carbocycles. The number of carbonyl (C=O) groups excluding carboxylic acids is 1. The van der Waals surface area contributed by atoms with Crippen molar-refractivity contribution in [2.45, 2.75) is 19.1 Å². The Labute approximate surface area is 152 Å². The third-order valence-electron chi connectivity index (χ3n) is 5.30. The van der Waals surface area contributed by atoms with Gasteiger partial charge in [0.15, 0.2) is 0 Å². The smallest absolute Gasteiger partial charge is 0.257 e. The molecule has 0 saturated carbocycles. The second-order valence-electron chi connectivity index (χ2n) is 7.11. The van der Waals surface area contributed by atoms with Crippen LogP contribution < -0.4 is 0 Å². The van der Waals surface area contributed by atoms with Crippen molar-refractivity contribution in [3.05, 3.63) is 48.0 Å². The topological polar surface area (TPSA) is 69.5 Å². The molecular formula is C19H24N4O3. The normalized spacial score (nSPS) is 24.8. The Morgan fingerprint density at radius 1 is 1.38 bits per heavy atom. The molecule has 4 heterocycles. The van der Waals surface area contributed by atoms with Crippen molar-refractivity contribution >= 4 is 5.91 Å². The summed E-state index contributed by atoms with van der Waals surface area (Å²) in [6.07, 6.45) is 8.09. The van der Waals surface area contributed by atoms with Gasteiger partial charge in [0.2, 0.25) is 0 Å². The van der Waals surface area contributed by atoms with Gasteiger partial charge < -0.3 is 14.4 Å². The number of carbonyl (C=O) groups is 1. The summed E-state index contributed by atoms with van der Waals surface area (Å²) in [5.74, 6) is 0.890. The lowest BCUT2D eigenvalue weighted by Crippen LogP contribution is -2.31. The van der Waals surface area contributed by atoms with Crippen molar-refractivity contribution < 1.29 is 14.3 Å². The highest BCUT2D eigenvalue weighted by molar-refractivity contribution is 5.94. The highest BCUT2D eigenvalue weighted by atomic mass is 16.5. The largest absolute Gasteiger partial charge is 0.377 e. The highest BCUT2D eigenvalue weighted by Crippen LogP contribution is 2.36. The van der Waals surface area contributed by atoms with E-state index in [0.29, 0.717) is 37.2 Å². The number of hydrogen-bond acceptors (Lipinski definition) is 5. The third kappa shape index (κ3) is 3.64. The zero-order valence-electron chi connectivity index (χ0n) is 15.0. The molecule has 4 rings (SSSR count). The zero-order chi connectivity index (χ0) is 17.9. The molecule has 7 nitrogen and oxygen atoms in total. The molecule has 0 aromatic carbocycles. The lowest BCUT2D eigenvalue weighted by molar-refractivity contribution is 0.0648. The number of pyridine rings is 1. The number of fused-ring (bicyclic) bond motifs is 1. The van der Waals surface area contributed by atoms with E-state index in [1.807, 2.05) is 30.3 Å². The summed E-state index contributed by atoms with van der Waals surface area (Å²) in [6, 6.07) is 3.93. The Balaban J connectivity index is 1.26. The molecule has 0 N–H and O–H groups in total. The number of rotatable bonds is 6. The first-order chi connectivity index (χ1) is 12.7. The monoisotopic (exact) mass is 356 g/mol. The lowest BCUT2D eigenvalue weighted by Gasteiger charge is -2.19. The van der Waals surface area contributed by atoms with Gasteiger partial charge in [0, 0.05) is 51.3 Å². The molecule has 138 valence electrons. The molecule has 2 aliphatic heterocycles. The molecule has 2 aliphatic rings. The fourth-order valence-electron chi connectivity index (χ4n) is 3.88. The molecule has 2 saturated heterocycles. The Bertz CT molecular complexity index is 748. The van der Waals surface area contributed by atoms with Crippen LogP contribution in [0.5, 0.6) is 0 Å². The van der Waals surface area contributed by atoms with E-state index in [2.05, 4.69) is 10.1 Å². The molecule has 0 radical (unpaired) electrons. The summed E-state index contributed by atoms with van der Waals surface area (Å²) >= 11 is 0. The Kier molecular flexibility index (Phi) is 4.99. The van der Waals surface area contributed by atoms with E-state index < -0.39 is 0 Å². The second-order valence-corrected chi connectivity index (χ2v) is 7.11. The summed E-state index contributed by atoms with van der Waals surface area (Å²) in [4.78, 5) is 18.6. The quantitative estimate of drug-likeness (QED) is 0.734. The SMILES string of the molecule is Cn1cc(C(=O)N2C[C@H]3[C@@H](CCOCc4cccnc4)CO[C@H]3C2)cn1. The van der Waals surface area contributed by atoms with Gasteiger partial charge in [0.05, 0.1) is 31.1 Å². The number of likely N-dealkylation sites (tertiary alicyclic amines) is 1. The standard InChI is InChI=1S/C19H24N4O3/c1-22-9-16(8-21-22)19(24)23-10-17-15(13-26-18(17)11-23)4-6-25-12-14-3-2-5-20-7-14/h2-3,5,7-9,15,17-18H,4,6,10-13H2,1H3/t15-,17-,18-/m0/s1. The van der Waals surface area contributed by atoms with Crippen LogP contribution in [-0.2, 0) is 23.1 Å². The van der Waals surface area contributed by atoms with Crippen LogP contribution in [0.15, 0.2) is 36.9 Å². The molecule has 7 heteroatoms. The summed E-state index contributed by atoms with van der Waals surface area (Å²) in [5.41, 5.74) is 1.73. The van der Waals surface area contributed by atoms with E-state index in [0.717, 1.165) is 25.1 Å². The molecule has 2 fully saturated rings. The van der Waals surface area contributed by atoms with Gasteiger partial charge in [-0.3, -0.25) is 14.5 Å². The van der Waals surface area contributed by atoms with Crippen LogP contribution in [0.3, 0.4) is 0 Å². The predicted octanol–water partition coefficient (Wildman–Crippen LogP) is 1.51. The lowest BCUT2D eigenvalue weighted by atomic mass is 9.91. The summed E-state index contributed by atoms with van der Waals surface area (Å²) in [5, 5.41) is 4.09. The summed E-state index contributed by atoms with van der Waals surface area (Å²) < 4.78 is 13.4. The van der Waals surface area contributed by atoms with Gasteiger partial charge in [-0.2, -0.15) is 5.10 Å². The van der Waals surface area contributed by atoms with Crippen LogP contribution in [-0.4, -0.2) is 58.0 Å². The average molecular weight is 356 g/mol. The van der Waals surface area contributed by atoms with Crippen LogP contribution in [0.25, 0.3) is 0 Å². The average Bonchev–Trinajstić information content (AvgIpc) is 3.35. The van der Waals surface area contributed by atoms with E-state index in [1.54, 1.807) is 23.3 Å². The van der Waals surface area contributed by atoms with E-state index in [-0.39, 0.29) is 12.0 Å². The summed E-state index contributed by atoms with van der Waals surface area (Å²) in [7, 11) is 1.82. The first-order valence-electron chi connectivity index (χ1n) is 9.07. The molecular weight excluding hydrogens is 332 g/mol. The minimum Gasteiger partial charge on any atom is -0.377 e. The van der Waals surface area contributed by atoms with Crippen LogP contribution in [0, 0.1) is 11.8 Å². The van der Waals surface area contributed by atoms with E-state index in [1.165, 1.54) is 0 Å². The van der Waals surface area contributed by atoms with E-state index >= 15 is 0 Å².